The predicted octanol–water partition coefficient (Wildman–Crippen LogP) is 2.92. The zero-order valence-electron chi connectivity index (χ0n) is 9.25. The van der Waals surface area contributed by atoms with Gasteiger partial charge in [-0.05, 0) is 35.8 Å². The number of furan rings is 1. The maximum Gasteiger partial charge on any atom is 0.134 e. The van der Waals surface area contributed by atoms with Crippen LogP contribution in [0.5, 0.6) is 0 Å². The van der Waals surface area contributed by atoms with Gasteiger partial charge in [-0.15, -0.1) is 0 Å². The molecule has 1 unspecified atom stereocenters. The van der Waals surface area contributed by atoms with Gasteiger partial charge in [0.1, 0.15) is 5.76 Å². The van der Waals surface area contributed by atoms with Crippen LogP contribution >= 0.6 is 15.9 Å². The van der Waals surface area contributed by atoms with Crippen LogP contribution in [0.25, 0.3) is 0 Å². The van der Waals surface area contributed by atoms with E-state index in [1.807, 2.05) is 19.2 Å². The first-order valence-electron chi connectivity index (χ1n) is 5.13. The van der Waals surface area contributed by atoms with E-state index in [4.69, 9.17) is 4.42 Å². The zero-order chi connectivity index (χ0) is 11.5. The monoisotopic (exact) mass is 283 g/mol. The molecular weight excluding hydrogens is 270 g/mol. The second kappa shape index (κ2) is 4.84. The van der Waals surface area contributed by atoms with Gasteiger partial charge >= 0.3 is 0 Å². The molecule has 2 aromatic rings. The number of hydrogen-bond donors (Lipinski definition) is 2. The van der Waals surface area contributed by atoms with Gasteiger partial charge in [-0.25, -0.2) is 0 Å². The summed E-state index contributed by atoms with van der Waals surface area (Å²) in [6, 6.07) is 2.06. The molecule has 2 heterocycles. The first-order chi connectivity index (χ1) is 7.68. The second-order valence-corrected chi connectivity index (χ2v) is 4.61. The molecule has 16 heavy (non-hydrogen) atoms. The third-order valence-corrected chi connectivity index (χ3v) is 3.23. The molecule has 4 nitrogen and oxygen atoms in total. The molecule has 1 atom stereocenters. The fourth-order valence-corrected chi connectivity index (χ4v) is 2.07. The van der Waals surface area contributed by atoms with Crippen molar-refractivity contribution in [3.8, 4) is 0 Å². The summed E-state index contributed by atoms with van der Waals surface area (Å²) in [5, 5.41) is 10.3. The molecule has 2 N–H and O–H groups in total. The lowest BCUT2D eigenvalue weighted by molar-refractivity contribution is 0.427. The van der Waals surface area contributed by atoms with Crippen molar-refractivity contribution in [2.45, 2.75) is 26.4 Å². The summed E-state index contributed by atoms with van der Waals surface area (Å²) in [7, 11) is 0. The van der Waals surface area contributed by atoms with Gasteiger partial charge in [-0.3, -0.25) is 5.10 Å². The molecule has 0 saturated heterocycles. The topological polar surface area (TPSA) is 53.9 Å². The Labute approximate surface area is 103 Å². The minimum absolute atomic E-state index is 0.165. The van der Waals surface area contributed by atoms with Gasteiger partial charge in [0.15, 0.2) is 0 Å². The van der Waals surface area contributed by atoms with E-state index in [-0.39, 0.29) is 6.04 Å². The molecule has 0 aliphatic carbocycles. The van der Waals surface area contributed by atoms with Crippen LogP contribution in [0.4, 0.5) is 0 Å². The molecule has 0 radical (unpaired) electrons. The van der Waals surface area contributed by atoms with Crippen molar-refractivity contribution in [2.24, 2.45) is 0 Å². The molecule has 0 amide bonds. The molecule has 86 valence electrons. The molecule has 2 aromatic heterocycles. The molecule has 5 heteroatoms. The Hall–Kier alpha value is -1.07. The number of nitrogens with one attached hydrogen (secondary N) is 2. The van der Waals surface area contributed by atoms with Gasteiger partial charge in [0, 0.05) is 17.8 Å². The molecule has 0 fully saturated rings. The standard InChI is InChI=1S/C11H14BrN3O/c1-7-9(6-14-15-7)5-13-8(2)11-10(12)3-4-16-11/h3-4,6,8,13H,5H2,1-2H3,(H,14,15). The van der Waals surface area contributed by atoms with Gasteiger partial charge in [0.05, 0.1) is 23.0 Å². The van der Waals surface area contributed by atoms with E-state index in [2.05, 4.69) is 38.4 Å². The largest absolute Gasteiger partial charge is 0.466 e. The van der Waals surface area contributed by atoms with Crippen LogP contribution in [-0.4, -0.2) is 10.2 Å². The molecule has 0 spiro atoms. The molecule has 0 aliphatic heterocycles. The van der Waals surface area contributed by atoms with Gasteiger partial charge in [-0.1, -0.05) is 0 Å². The highest BCUT2D eigenvalue weighted by Crippen LogP contribution is 2.24. The molecule has 0 bridgehead atoms. The minimum Gasteiger partial charge on any atom is -0.466 e. The zero-order valence-corrected chi connectivity index (χ0v) is 10.8. The van der Waals surface area contributed by atoms with Crippen LogP contribution < -0.4 is 5.32 Å². The van der Waals surface area contributed by atoms with Gasteiger partial charge in [-0.2, -0.15) is 5.10 Å². The van der Waals surface area contributed by atoms with Crippen molar-refractivity contribution in [2.75, 3.05) is 0 Å². The number of hydrogen-bond acceptors (Lipinski definition) is 3. The number of H-pyrrole nitrogens is 1. The van der Waals surface area contributed by atoms with Crippen LogP contribution in [-0.2, 0) is 6.54 Å². The Bertz CT molecular complexity index is 463. The molecule has 2 rings (SSSR count). The molecule has 0 saturated carbocycles. The van der Waals surface area contributed by atoms with Crippen LogP contribution in [0.1, 0.15) is 30.0 Å². The summed E-state index contributed by atoms with van der Waals surface area (Å²) in [6.07, 6.45) is 3.52. The summed E-state index contributed by atoms with van der Waals surface area (Å²) < 4.78 is 6.39. The number of aromatic nitrogens is 2. The van der Waals surface area contributed by atoms with E-state index in [1.165, 1.54) is 5.56 Å². The fraction of sp³-hybridized carbons (Fsp3) is 0.364. The Kier molecular flexibility index (Phi) is 3.46. The Balaban J connectivity index is 1.97. The maximum absolute atomic E-state index is 5.39. The van der Waals surface area contributed by atoms with E-state index in [0.717, 1.165) is 22.5 Å². The number of aromatic amines is 1. The number of aryl methyl sites for hydroxylation is 1. The number of rotatable bonds is 4. The maximum atomic E-state index is 5.39. The number of halogens is 1. The average molecular weight is 284 g/mol. The predicted molar refractivity (Wildman–Crippen MR) is 65.0 cm³/mol. The lowest BCUT2D eigenvalue weighted by Gasteiger charge is -2.11. The van der Waals surface area contributed by atoms with Crippen molar-refractivity contribution in [3.63, 3.8) is 0 Å². The summed E-state index contributed by atoms with van der Waals surface area (Å²) >= 11 is 3.45. The molecule has 0 aromatic carbocycles. The Morgan fingerprint density at radius 2 is 2.44 bits per heavy atom. The Morgan fingerprint density at radius 3 is 3.00 bits per heavy atom. The van der Waals surface area contributed by atoms with Crippen molar-refractivity contribution in [3.05, 3.63) is 40.0 Å². The smallest absolute Gasteiger partial charge is 0.134 e. The highest BCUT2D eigenvalue weighted by atomic mass is 79.9. The van der Waals surface area contributed by atoms with Crippen molar-refractivity contribution in [1.82, 2.24) is 15.5 Å². The highest BCUT2D eigenvalue weighted by Gasteiger charge is 2.12. The fourth-order valence-electron chi connectivity index (χ4n) is 1.52. The number of nitrogens with zero attached hydrogens (tertiary/aromatic N) is 1. The van der Waals surface area contributed by atoms with Crippen LogP contribution in [0.2, 0.25) is 0 Å². The van der Waals surface area contributed by atoms with E-state index in [9.17, 15) is 0 Å². The van der Waals surface area contributed by atoms with Crippen LogP contribution in [0.3, 0.4) is 0 Å². The quantitative estimate of drug-likeness (QED) is 0.907. The second-order valence-electron chi connectivity index (χ2n) is 3.76. The molecular formula is C11H14BrN3O. The summed E-state index contributed by atoms with van der Waals surface area (Å²) in [6.45, 7) is 4.85. The third-order valence-electron chi connectivity index (χ3n) is 2.57. The summed E-state index contributed by atoms with van der Waals surface area (Å²) in [5.74, 6) is 0.918. The first-order valence-corrected chi connectivity index (χ1v) is 5.93. The van der Waals surface area contributed by atoms with Crippen LogP contribution in [0, 0.1) is 6.92 Å². The molecule has 0 aliphatic rings. The SMILES string of the molecule is Cc1[nH]ncc1CNC(C)c1occc1Br. The van der Waals surface area contributed by atoms with Gasteiger partial charge < -0.3 is 9.73 Å². The first kappa shape index (κ1) is 11.4. The normalized spacial score (nSPS) is 12.9. The van der Waals surface area contributed by atoms with Crippen molar-refractivity contribution in [1.29, 1.82) is 0 Å². The van der Waals surface area contributed by atoms with Crippen LogP contribution in [0.15, 0.2) is 27.4 Å². The lowest BCUT2D eigenvalue weighted by Crippen LogP contribution is -2.18. The van der Waals surface area contributed by atoms with E-state index >= 15 is 0 Å². The van der Waals surface area contributed by atoms with E-state index in [0.29, 0.717) is 0 Å². The lowest BCUT2D eigenvalue weighted by atomic mass is 10.2. The average Bonchev–Trinajstić information content (AvgIpc) is 2.84. The van der Waals surface area contributed by atoms with Crippen molar-refractivity contribution >= 4 is 15.9 Å². The summed E-state index contributed by atoms with van der Waals surface area (Å²) in [5.41, 5.74) is 2.27. The Morgan fingerprint density at radius 1 is 1.62 bits per heavy atom. The van der Waals surface area contributed by atoms with E-state index < -0.39 is 0 Å². The van der Waals surface area contributed by atoms with Gasteiger partial charge in [0.2, 0.25) is 0 Å². The summed E-state index contributed by atoms with van der Waals surface area (Å²) in [4.78, 5) is 0. The highest BCUT2D eigenvalue weighted by molar-refractivity contribution is 9.10. The van der Waals surface area contributed by atoms with E-state index in [1.54, 1.807) is 6.26 Å². The van der Waals surface area contributed by atoms with Gasteiger partial charge in [0.25, 0.3) is 0 Å². The minimum atomic E-state index is 0.165. The third kappa shape index (κ3) is 2.36. The van der Waals surface area contributed by atoms with Crippen molar-refractivity contribution < 1.29 is 4.42 Å².